The summed E-state index contributed by atoms with van der Waals surface area (Å²) in [6.07, 6.45) is 3.65. The molecule has 0 saturated heterocycles. The monoisotopic (exact) mass is 320 g/mol. The molecular weight excluding hydrogens is 300 g/mol. The molecule has 118 valence electrons. The molecule has 1 aromatic rings. The van der Waals surface area contributed by atoms with E-state index in [2.05, 4.69) is 16.7 Å². The second-order valence-electron chi connectivity index (χ2n) is 5.54. The molecule has 0 radical (unpaired) electrons. The zero-order valence-corrected chi connectivity index (χ0v) is 13.7. The van der Waals surface area contributed by atoms with Crippen molar-refractivity contribution < 1.29 is 9.59 Å². The standard InChI is InChI=1S/C15H20N4O2S/c1-19(2)8-4-7-17-13(20)14(21)18-15-11(9-16)10-5-3-6-12(10)22-15/h3-8H2,1-2H3,(H,17,20)(H,18,21). The molecule has 0 fully saturated rings. The van der Waals surface area contributed by atoms with Crippen molar-refractivity contribution in [2.75, 3.05) is 32.5 Å². The van der Waals surface area contributed by atoms with Crippen LogP contribution in [0, 0.1) is 11.3 Å². The number of aryl methyl sites for hydroxylation is 1. The van der Waals surface area contributed by atoms with Crippen molar-refractivity contribution in [1.29, 1.82) is 5.26 Å². The van der Waals surface area contributed by atoms with E-state index < -0.39 is 11.8 Å². The van der Waals surface area contributed by atoms with Crippen molar-refractivity contribution in [3.63, 3.8) is 0 Å². The van der Waals surface area contributed by atoms with E-state index in [9.17, 15) is 14.9 Å². The SMILES string of the molecule is CN(C)CCCNC(=O)C(=O)Nc1sc2c(c1C#N)CCC2. The minimum atomic E-state index is -0.707. The lowest BCUT2D eigenvalue weighted by Gasteiger charge is -2.09. The van der Waals surface area contributed by atoms with Gasteiger partial charge in [-0.1, -0.05) is 0 Å². The topological polar surface area (TPSA) is 85.2 Å². The zero-order chi connectivity index (χ0) is 16.1. The molecule has 6 nitrogen and oxygen atoms in total. The van der Waals surface area contributed by atoms with Gasteiger partial charge < -0.3 is 15.5 Å². The molecular formula is C15H20N4O2S. The number of fused-ring (bicyclic) bond motifs is 1. The van der Waals surface area contributed by atoms with E-state index >= 15 is 0 Å². The van der Waals surface area contributed by atoms with Gasteiger partial charge in [0.2, 0.25) is 0 Å². The molecule has 2 rings (SSSR count). The third-order valence-electron chi connectivity index (χ3n) is 3.53. The van der Waals surface area contributed by atoms with Crippen LogP contribution in [-0.4, -0.2) is 43.9 Å². The van der Waals surface area contributed by atoms with Crippen molar-refractivity contribution in [3.05, 3.63) is 16.0 Å². The van der Waals surface area contributed by atoms with E-state index in [1.54, 1.807) is 0 Å². The molecule has 0 bridgehead atoms. The Morgan fingerprint density at radius 1 is 1.32 bits per heavy atom. The zero-order valence-electron chi connectivity index (χ0n) is 12.9. The Morgan fingerprint density at radius 3 is 2.77 bits per heavy atom. The highest BCUT2D eigenvalue weighted by Gasteiger charge is 2.24. The molecule has 2 N–H and O–H groups in total. The predicted octanol–water partition coefficient (Wildman–Crippen LogP) is 1.11. The fraction of sp³-hybridized carbons (Fsp3) is 0.533. The largest absolute Gasteiger partial charge is 0.348 e. The van der Waals surface area contributed by atoms with Crippen LogP contribution >= 0.6 is 11.3 Å². The highest BCUT2D eigenvalue weighted by molar-refractivity contribution is 7.16. The van der Waals surface area contributed by atoms with Gasteiger partial charge >= 0.3 is 11.8 Å². The molecule has 1 aliphatic carbocycles. The van der Waals surface area contributed by atoms with E-state index in [0.29, 0.717) is 17.1 Å². The van der Waals surface area contributed by atoms with Gasteiger partial charge in [-0.25, -0.2) is 0 Å². The van der Waals surface area contributed by atoms with E-state index in [1.165, 1.54) is 11.3 Å². The number of amides is 2. The molecule has 0 saturated carbocycles. The number of carbonyl (C=O) groups is 2. The van der Waals surface area contributed by atoms with Gasteiger partial charge in [-0.05, 0) is 51.9 Å². The summed E-state index contributed by atoms with van der Waals surface area (Å²) in [6, 6.07) is 2.14. The second kappa shape index (κ2) is 7.38. The van der Waals surface area contributed by atoms with Crippen LogP contribution < -0.4 is 10.6 Å². The molecule has 0 aromatic carbocycles. The van der Waals surface area contributed by atoms with Gasteiger partial charge in [0.05, 0.1) is 5.56 Å². The molecule has 7 heteroatoms. The lowest BCUT2D eigenvalue weighted by molar-refractivity contribution is -0.136. The van der Waals surface area contributed by atoms with Crippen LogP contribution in [-0.2, 0) is 22.4 Å². The van der Waals surface area contributed by atoms with Crippen LogP contribution in [0.5, 0.6) is 0 Å². The minimum absolute atomic E-state index is 0.455. The summed E-state index contributed by atoms with van der Waals surface area (Å²) in [5.41, 5.74) is 1.56. The van der Waals surface area contributed by atoms with Crippen molar-refractivity contribution in [2.45, 2.75) is 25.7 Å². The quantitative estimate of drug-likeness (QED) is 0.629. The van der Waals surface area contributed by atoms with Crippen LogP contribution in [0.1, 0.15) is 28.8 Å². The number of thiophene rings is 1. The number of nitrogens with one attached hydrogen (secondary N) is 2. The minimum Gasteiger partial charge on any atom is -0.348 e. The van der Waals surface area contributed by atoms with E-state index in [0.717, 1.165) is 42.7 Å². The van der Waals surface area contributed by atoms with Crippen molar-refractivity contribution in [1.82, 2.24) is 10.2 Å². The summed E-state index contributed by atoms with van der Waals surface area (Å²) in [6.45, 7) is 1.30. The van der Waals surface area contributed by atoms with Crippen LogP contribution in [0.2, 0.25) is 0 Å². The van der Waals surface area contributed by atoms with Crippen molar-refractivity contribution in [2.24, 2.45) is 0 Å². The van der Waals surface area contributed by atoms with Crippen LogP contribution in [0.4, 0.5) is 5.00 Å². The first-order valence-electron chi connectivity index (χ1n) is 7.31. The van der Waals surface area contributed by atoms with Gasteiger partial charge in [0, 0.05) is 11.4 Å². The number of carbonyl (C=O) groups excluding carboxylic acids is 2. The Kier molecular flexibility index (Phi) is 5.52. The maximum absolute atomic E-state index is 11.9. The number of nitriles is 1. The highest BCUT2D eigenvalue weighted by Crippen LogP contribution is 2.38. The van der Waals surface area contributed by atoms with E-state index in [1.807, 2.05) is 19.0 Å². The molecule has 1 aliphatic rings. The Hall–Kier alpha value is -1.91. The summed E-state index contributed by atoms with van der Waals surface area (Å²) in [5.74, 6) is -1.36. The van der Waals surface area contributed by atoms with Gasteiger partial charge in [0.25, 0.3) is 0 Å². The van der Waals surface area contributed by atoms with Crippen LogP contribution in [0.3, 0.4) is 0 Å². The Labute approximate surface area is 134 Å². The third kappa shape index (κ3) is 3.84. The van der Waals surface area contributed by atoms with Gasteiger partial charge in [0.1, 0.15) is 11.1 Å². The number of hydrogen-bond donors (Lipinski definition) is 2. The molecule has 1 aromatic heterocycles. The lowest BCUT2D eigenvalue weighted by atomic mass is 10.1. The van der Waals surface area contributed by atoms with Gasteiger partial charge in [-0.2, -0.15) is 5.26 Å². The molecule has 0 unspecified atom stereocenters. The van der Waals surface area contributed by atoms with Gasteiger partial charge in [0.15, 0.2) is 0 Å². The van der Waals surface area contributed by atoms with Crippen molar-refractivity contribution >= 4 is 28.2 Å². The van der Waals surface area contributed by atoms with Crippen molar-refractivity contribution in [3.8, 4) is 6.07 Å². The summed E-state index contributed by atoms with van der Waals surface area (Å²) in [4.78, 5) is 26.8. The number of nitrogens with zero attached hydrogens (tertiary/aromatic N) is 2. The maximum Gasteiger partial charge on any atom is 0.314 e. The maximum atomic E-state index is 11.9. The first-order valence-corrected chi connectivity index (χ1v) is 8.13. The number of rotatable bonds is 5. The summed E-state index contributed by atoms with van der Waals surface area (Å²) in [7, 11) is 3.90. The fourth-order valence-electron chi connectivity index (χ4n) is 2.45. The number of anilines is 1. The summed E-state index contributed by atoms with van der Waals surface area (Å²) < 4.78 is 0. The third-order valence-corrected chi connectivity index (χ3v) is 4.74. The second-order valence-corrected chi connectivity index (χ2v) is 6.65. The smallest absolute Gasteiger partial charge is 0.314 e. The molecule has 0 spiro atoms. The first-order chi connectivity index (χ1) is 10.5. The molecule has 0 aliphatic heterocycles. The average Bonchev–Trinajstić information content (AvgIpc) is 3.03. The summed E-state index contributed by atoms with van der Waals surface area (Å²) >= 11 is 1.41. The Bertz CT molecular complexity index is 616. The fourth-order valence-corrected chi connectivity index (χ4v) is 3.68. The predicted molar refractivity (Wildman–Crippen MR) is 85.9 cm³/mol. The Morgan fingerprint density at radius 2 is 2.09 bits per heavy atom. The van der Waals surface area contributed by atoms with E-state index in [4.69, 9.17) is 0 Å². The van der Waals surface area contributed by atoms with Crippen LogP contribution in [0.15, 0.2) is 0 Å². The molecule has 0 atom stereocenters. The van der Waals surface area contributed by atoms with E-state index in [-0.39, 0.29) is 0 Å². The highest BCUT2D eigenvalue weighted by atomic mass is 32.1. The Balaban J connectivity index is 1.90. The summed E-state index contributed by atoms with van der Waals surface area (Å²) in [5, 5.41) is 14.9. The molecule has 22 heavy (non-hydrogen) atoms. The molecule has 2 amide bonds. The average molecular weight is 320 g/mol. The first kappa shape index (κ1) is 16.5. The van der Waals surface area contributed by atoms with Gasteiger partial charge in [-0.15, -0.1) is 11.3 Å². The molecule has 1 heterocycles. The normalized spacial score (nSPS) is 12.8. The van der Waals surface area contributed by atoms with Gasteiger partial charge in [-0.3, -0.25) is 9.59 Å². The number of hydrogen-bond acceptors (Lipinski definition) is 5. The van der Waals surface area contributed by atoms with Crippen LogP contribution in [0.25, 0.3) is 0 Å². The lowest BCUT2D eigenvalue weighted by Crippen LogP contribution is -2.36.